The fourth-order valence-corrected chi connectivity index (χ4v) is 4.53. The van der Waals surface area contributed by atoms with Gasteiger partial charge in [0.05, 0.1) is 10.6 Å². The Hall–Kier alpha value is -3.19. The molecule has 3 aromatic carbocycles. The molecule has 3 rings (SSSR count). The fourth-order valence-electron chi connectivity index (χ4n) is 3.11. The third kappa shape index (κ3) is 6.15. The lowest BCUT2D eigenvalue weighted by molar-refractivity contribution is -0.119. The van der Waals surface area contributed by atoms with Gasteiger partial charge in [-0.3, -0.25) is 9.10 Å². The minimum absolute atomic E-state index is 0.0688. The smallest absolute Gasteiger partial charge is 0.264 e. The van der Waals surface area contributed by atoms with E-state index in [1.807, 2.05) is 37.3 Å². The monoisotopic (exact) mass is 440 g/mol. The van der Waals surface area contributed by atoms with Crippen LogP contribution >= 0.6 is 0 Å². The predicted octanol–water partition coefficient (Wildman–Crippen LogP) is 4.08. The highest BCUT2D eigenvalue weighted by atomic mass is 32.2. The average Bonchev–Trinajstić information content (AvgIpc) is 2.77. The Kier molecular flexibility index (Phi) is 7.41. The van der Waals surface area contributed by atoms with Gasteiger partial charge < -0.3 is 5.32 Å². The van der Waals surface area contributed by atoms with Gasteiger partial charge in [-0.05, 0) is 61.7 Å². The number of rotatable bonds is 9. The first-order valence-corrected chi connectivity index (χ1v) is 11.5. The zero-order chi connectivity index (χ0) is 22.3. The predicted molar refractivity (Wildman–Crippen MR) is 120 cm³/mol. The summed E-state index contributed by atoms with van der Waals surface area (Å²) in [6.07, 6.45) is 1.54. The van der Waals surface area contributed by atoms with Crippen molar-refractivity contribution in [3.63, 3.8) is 0 Å². The average molecular weight is 441 g/mol. The van der Waals surface area contributed by atoms with Gasteiger partial charge in [-0.15, -0.1) is 0 Å². The van der Waals surface area contributed by atoms with Crippen molar-refractivity contribution in [3.8, 4) is 0 Å². The summed E-state index contributed by atoms with van der Waals surface area (Å²) in [5.74, 6) is -0.908. The van der Waals surface area contributed by atoms with E-state index in [9.17, 15) is 17.6 Å². The Balaban J connectivity index is 1.71. The number of aryl methyl sites for hydroxylation is 2. The largest absolute Gasteiger partial charge is 0.355 e. The van der Waals surface area contributed by atoms with E-state index in [0.717, 1.165) is 22.7 Å². The summed E-state index contributed by atoms with van der Waals surface area (Å²) >= 11 is 0. The van der Waals surface area contributed by atoms with Crippen molar-refractivity contribution < 1.29 is 17.6 Å². The number of anilines is 1. The maximum atomic E-state index is 13.4. The topological polar surface area (TPSA) is 66.5 Å². The number of carbonyl (C=O) groups excluding carboxylic acids is 1. The lowest BCUT2D eigenvalue weighted by atomic mass is 10.1. The number of halogens is 1. The second-order valence-corrected chi connectivity index (χ2v) is 9.10. The summed E-state index contributed by atoms with van der Waals surface area (Å²) in [5.41, 5.74) is 2.32. The van der Waals surface area contributed by atoms with Crippen molar-refractivity contribution in [2.75, 3.05) is 17.4 Å². The van der Waals surface area contributed by atoms with Crippen molar-refractivity contribution in [3.05, 3.63) is 95.8 Å². The quantitative estimate of drug-likeness (QED) is 0.510. The van der Waals surface area contributed by atoms with Crippen LogP contribution < -0.4 is 9.62 Å². The molecule has 0 heterocycles. The second kappa shape index (κ2) is 10.2. The van der Waals surface area contributed by atoms with Crippen LogP contribution in [0.1, 0.15) is 17.5 Å². The van der Waals surface area contributed by atoms with Crippen molar-refractivity contribution in [1.29, 1.82) is 0 Å². The van der Waals surface area contributed by atoms with Crippen LogP contribution in [0.2, 0.25) is 0 Å². The summed E-state index contributed by atoms with van der Waals surface area (Å²) < 4.78 is 40.8. The van der Waals surface area contributed by atoms with E-state index in [2.05, 4.69) is 5.32 Å². The van der Waals surface area contributed by atoms with Gasteiger partial charge in [-0.25, -0.2) is 12.8 Å². The first-order chi connectivity index (χ1) is 14.9. The van der Waals surface area contributed by atoms with E-state index in [1.165, 1.54) is 42.0 Å². The third-order valence-electron chi connectivity index (χ3n) is 4.82. The molecule has 162 valence electrons. The highest BCUT2D eigenvalue weighted by molar-refractivity contribution is 7.92. The van der Waals surface area contributed by atoms with Crippen LogP contribution in [0.5, 0.6) is 0 Å². The summed E-state index contributed by atoms with van der Waals surface area (Å²) in [5, 5.41) is 2.78. The molecule has 0 bridgehead atoms. The van der Waals surface area contributed by atoms with E-state index in [-0.39, 0.29) is 10.6 Å². The van der Waals surface area contributed by atoms with Gasteiger partial charge in [-0.1, -0.05) is 48.0 Å². The van der Waals surface area contributed by atoms with E-state index in [4.69, 9.17) is 0 Å². The van der Waals surface area contributed by atoms with E-state index >= 15 is 0 Å². The molecule has 0 unspecified atom stereocenters. The molecule has 5 nitrogen and oxygen atoms in total. The lowest BCUT2D eigenvalue weighted by Crippen LogP contribution is -2.41. The molecule has 0 saturated carbocycles. The Bertz CT molecular complexity index is 1100. The van der Waals surface area contributed by atoms with Crippen molar-refractivity contribution in [2.24, 2.45) is 0 Å². The Labute approximate surface area is 182 Å². The molecule has 0 aliphatic carbocycles. The summed E-state index contributed by atoms with van der Waals surface area (Å²) in [6.45, 7) is 1.89. The van der Waals surface area contributed by atoms with Crippen molar-refractivity contribution in [2.45, 2.75) is 24.7 Å². The number of nitrogens with one attached hydrogen (secondary N) is 1. The van der Waals surface area contributed by atoms with E-state index < -0.39 is 28.3 Å². The first kappa shape index (κ1) is 22.5. The van der Waals surface area contributed by atoms with Gasteiger partial charge >= 0.3 is 0 Å². The molecule has 0 aliphatic heterocycles. The van der Waals surface area contributed by atoms with Crippen LogP contribution in [-0.2, 0) is 21.2 Å². The molecule has 0 aliphatic rings. The molecule has 3 aromatic rings. The van der Waals surface area contributed by atoms with Crippen LogP contribution in [0.15, 0.2) is 83.8 Å². The summed E-state index contributed by atoms with van der Waals surface area (Å²) in [6, 6.07) is 21.3. The van der Waals surface area contributed by atoms with Crippen LogP contribution in [0.4, 0.5) is 10.1 Å². The Morgan fingerprint density at radius 3 is 2.23 bits per heavy atom. The summed E-state index contributed by atoms with van der Waals surface area (Å²) in [7, 11) is -4.00. The standard InChI is InChI=1S/C24H25FN2O3S/c1-19-9-15-23(16-10-19)31(29,30)27(22-13-11-21(25)12-14-22)18-24(28)26-17-5-8-20-6-3-2-4-7-20/h2-4,6-7,9-16H,5,8,17-18H2,1H3,(H,26,28). The normalized spacial score (nSPS) is 11.2. The molecule has 31 heavy (non-hydrogen) atoms. The molecule has 0 atom stereocenters. The van der Waals surface area contributed by atoms with Crippen LogP contribution in [0, 0.1) is 12.7 Å². The number of amides is 1. The van der Waals surface area contributed by atoms with Gasteiger partial charge in [0.15, 0.2) is 0 Å². The molecule has 0 radical (unpaired) electrons. The SMILES string of the molecule is Cc1ccc(S(=O)(=O)N(CC(=O)NCCCc2ccccc2)c2ccc(F)cc2)cc1. The van der Waals surface area contributed by atoms with Crippen LogP contribution in [0.25, 0.3) is 0 Å². The molecular formula is C24H25FN2O3S. The zero-order valence-corrected chi connectivity index (χ0v) is 18.1. The van der Waals surface area contributed by atoms with Gasteiger partial charge in [0.1, 0.15) is 12.4 Å². The highest BCUT2D eigenvalue weighted by Gasteiger charge is 2.27. The molecule has 1 amide bonds. The number of nitrogens with zero attached hydrogens (tertiary/aromatic N) is 1. The number of sulfonamides is 1. The minimum atomic E-state index is -4.00. The molecule has 7 heteroatoms. The lowest BCUT2D eigenvalue weighted by Gasteiger charge is -2.24. The Morgan fingerprint density at radius 2 is 1.58 bits per heavy atom. The number of carbonyl (C=O) groups is 1. The van der Waals surface area contributed by atoms with E-state index in [1.54, 1.807) is 12.1 Å². The molecule has 0 saturated heterocycles. The third-order valence-corrected chi connectivity index (χ3v) is 6.61. The van der Waals surface area contributed by atoms with Gasteiger partial charge in [0.2, 0.25) is 5.91 Å². The molecule has 1 N–H and O–H groups in total. The van der Waals surface area contributed by atoms with Crippen LogP contribution in [0.3, 0.4) is 0 Å². The van der Waals surface area contributed by atoms with E-state index in [0.29, 0.717) is 6.54 Å². The van der Waals surface area contributed by atoms with Gasteiger partial charge in [0, 0.05) is 6.54 Å². The van der Waals surface area contributed by atoms with Gasteiger partial charge in [0.25, 0.3) is 10.0 Å². The number of hydrogen-bond acceptors (Lipinski definition) is 3. The maximum absolute atomic E-state index is 13.4. The zero-order valence-electron chi connectivity index (χ0n) is 17.3. The summed E-state index contributed by atoms with van der Waals surface area (Å²) in [4.78, 5) is 12.6. The second-order valence-electron chi connectivity index (χ2n) is 7.24. The fraction of sp³-hybridized carbons (Fsp3) is 0.208. The first-order valence-electron chi connectivity index (χ1n) is 10.0. The Morgan fingerprint density at radius 1 is 0.935 bits per heavy atom. The minimum Gasteiger partial charge on any atom is -0.355 e. The molecule has 0 spiro atoms. The van der Waals surface area contributed by atoms with Crippen molar-refractivity contribution >= 4 is 21.6 Å². The highest BCUT2D eigenvalue weighted by Crippen LogP contribution is 2.24. The number of benzene rings is 3. The van der Waals surface area contributed by atoms with Gasteiger partial charge in [-0.2, -0.15) is 0 Å². The number of hydrogen-bond donors (Lipinski definition) is 1. The van der Waals surface area contributed by atoms with Crippen LogP contribution in [-0.4, -0.2) is 27.4 Å². The maximum Gasteiger partial charge on any atom is 0.264 e. The molecule has 0 fully saturated rings. The molecular weight excluding hydrogens is 415 g/mol. The molecule has 0 aromatic heterocycles. The van der Waals surface area contributed by atoms with Crippen molar-refractivity contribution in [1.82, 2.24) is 5.32 Å².